The zero-order valence-electron chi connectivity index (χ0n) is 17.7. The van der Waals surface area contributed by atoms with Crippen LogP contribution in [0.2, 0.25) is 0 Å². The van der Waals surface area contributed by atoms with Crippen molar-refractivity contribution in [3.05, 3.63) is 83.0 Å². The van der Waals surface area contributed by atoms with Crippen LogP contribution in [0, 0.1) is 6.92 Å². The van der Waals surface area contributed by atoms with Gasteiger partial charge in [-0.25, -0.2) is 9.48 Å². The number of nitrogens with one attached hydrogen (secondary N) is 1. The Labute approximate surface area is 189 Å². The minimum absolute atomic E-state index is 0.102. The van der Waals surface area contributed by atoms with Gasteiger partial charge in [0.05, 0.1) is 10.6 Å². The Bertz CT molecular complexity index is 1230. The number of para-hydroxylation sites is 2. The van der Waals surface area contributed by atoms with E-state index in [1.54, 1.807) is 4.68 Å². The van der Waals surface area contributed by atoms with E-state index < -0.39 is 18.5 Å². The third kappa shape index (κ3) is 4.60. The molecule has 4 rings (SSSR count). The molecular weight excluding hydrogens is 424 g/mol. The van der Waals surface area contributed by atoms with Gasteiger partial charge in [0.1, 0.15) is 0 Å². The SMILES string of the molecule is CCc1cccc(C)c1NC(=O)COC(=O)c1nc(-c2cccs2)n(-c2ccccc2)n1. The fourth-order valence-corrected chi connectivity index (χ4v) is 3.98. The minimum Gasteiger partial charge on any atom is -0.450 e. The molecule has 8 heteroatoms. The predicted molar refractivity (Wildman–Crippen MR) is 124 cm³/mol. The Kier molecular flexibility index (Phi) is 6.42. The van der Waals surface area contributed by atoms with Crippen molar-refractivity contribution in [2.24, 2.45) is 0 Å². The van der Waals surface area contributed by atoms with Crippen LogP contribution in [0.15, 0.2) is 66.0 Å². The van der Waals surface area contributed by atoms with Gasteiger partial charge in [0.15, 0.2) is 12.4 Å². The highest BCUT2D eigenvalue weighted by Crippen LogP contribution is 2.26. The maximum atomic E-state index is 12.6. The molecule has 4 aromatic rings. The summed E-state index contributed by atoms with van der Waals surface area (Å²) in [6.07, 6.45) is 0.781. The summed E-state index contributed by atoms with van der Waals surface area (Å²) in [6.45, 7) is 3.52. The summed E-state index contributed by atoms with van der Waals surface area (Å²) in [5, 5.41) is 9.11. The minimum atomic E-state index is -0.756. The number of nitrogens with zero attached hydrogens (tertiary/aromatic N) is 3. The van der Waals surface area contributed by atoms with Gasteiger partial charge in [0, 0.05) is 5.69 Å². The molecule has 1 N–H and O–H groups in total. The lowest BCUT2D eigenvalue weighted by Crippen LogP contribution is -2.22. The first-order chi connectivity index (χ1) is 15.6. The van der Waals surface area contributed by atoms with Crippen LogP contribution in [0.4, 0.5) is 5.69 Å². The number of hydrogen-bond donors (Lipinski definition) is 1. The van der Waals surface area contributed by atoms with Gasteiger partial charge in [-0.1, -0.05) is 49.4 Å². The first-order valence-corrected chi connectivity index (χ1v) is 11.1. The molecule has 0 aliphatic heterocycles. The van der Waals surface area contributed by atoms with Crippen LogP contribution in [0.1, 0.15) is 28.7 Å². The van der Waals surface area contributed by atoms with E-state index in [2.05, 4.69) is 15.4 Å². The molecule has 32 heavy (non-hydrogen) atoms. The Hall–Kier alpha value is -3.78. The molecule has 0 aliphatic carbocycles. The molecule has 0 radical (unpaired) electrons. The van der Waals surface area contributed by atoms with Gasteiger partial charge >= 0.3 is 5.97 Å². The highest BCUT2D eigenvalue weighted by molar-refractivity contribution is 7.13. The normalized spacial score (nSPS) is 10.7. The largest absolute Gasteiger partial charge is 0.450 e. The van der Waals surface area contributed by atoms with Crippen molar-refractivity contribution >= 4 is 28.9 Å². The molecule has 162 valence electrons. The molecule has 7 nitrogen and oxygen atoms in total. The third-order valence-corrected chi connectivity index (χ3v) is 5.74. The number of anilines is 1. The Balaban J connectivity index is 1.50. The van der Waals surface area contributed by atoms with E-state index >= 15 is 0 Å². The van der Waals surface area contributed by atoms with Crippen molar-refractivity contribution in [3.8, 4) is 16.4 Å². The van der Waals surface area contributed by atoms with Crippen LogP contribution >= 0.6 is 11.3 Å². The van der Waals surface area contributed by atoms with E-state index in [-0.39, 0.29) is 5.82 Å². The van der Waals surface area contributed by atoms with Crippen molar-refractivity contribution in [3.63, 3.8) is 0 Å². The quantitative estimate of drug-likeness (QED) is 0.417. The second kappa shape index (κ2) is 9.57. The average Bonchev–Trinajstić information content (AvgIpc) is 3.49. The van der Waals surface area contributed by atoms with E-state index in [1.807, 2.05) is 79.9 Å². The average molecular weight is 447 g/mol. The number of carbonyl (C=O) groups is 2. The standard InChI is InChI=1S/C24H22N4O3S/c1-3-17-10-7-9-16(2)21(17)25-20(29)15-31-24(30)22-26-23(19-13-8-14-32-19)28(27-22)18-11-5-4-6-12-18/h4-14H,3,15H2,1-2H3,(H,25,29). The van der Waals surface area contributed by atoms with Gasteiger partial charge in [-0.2, -0.15) is 4.98 Å². The second-order valence-corrected chi connectivity index (χ2v) is 8.02. The van der Waals surface area contributed by atoms with Gasteiger partial charge < -0.3 is 10.1 Å². The van der Waals surface area contributed by atoms with Crippen LogP contribution in [-0.2, 0) is 16.0 Å². The summed E-state index contributed by atoms with van der Waals surface area (Å²) in [6, 6.07) is 19.1. The number of esters is 1. The molecule has 0 atom stereocenters. The van der Waals surface area contributed by atoms with Gasteiger partial charge in [0.2, 0.25) is 0 Å². The van der Waals surface area contributed by atoms with Gasteiger partial charge in [0.25, 0.3) is 11.7 Å². The summed E-state index contributed by atoms with van der Waals surface area (Å²) >= 11 is 1.49. The molecule has 0 unspecified atom stereocenters. The van der Waals surface area contributed by atoms with Crippen molar-refractivity contribution in [2.45, 2.75) is 20.3 Å². The lowest BCUT2D eigenvalue weighted by Gasteiger charge is -2.12. The summed E-state index contributed by atoms with van der Waals surface area (Å²) in [5.41, 5.74) is 3.50. The lowest BCUT2D eigenvalue weighted by molar-refractivity contribution is -0.119. The van der Waals surface area contributed by atoms with E-state index in [1.165, 1.54) is 11.3 Å². The van der Waals surface area contributed by atoms with Crippen molar-refractivity contribution in [2.75, 3.05) is 11.9 Å². The monoisotopic (exact) mass is 446 g/mol. The topological polar surface area (TPSA) is 86.1 Å². The summed E-state index contributed by atoms with van der Waals surface area (Å²) in [4.78, 5) is 30.3. The molecule has 0 saturated heterocycles. The van der Waals surface area contributed by atoms with Gasteiger partial charge in [-0.15, -0.1) is 16.4 Å². The number of carbonyl (C=O) groups excluding carboxylic acids is 2. The lowest BCUT2D eigenvalue weighted by atomic mass is 10.1. The molecule has 2 heterocycles. The molecule has 0 fully saturated rings. The van der Waals surface area contributed by atoms with Crippen LogP contribution < -0.4 is 5.32 Å². The van der Waals surface area contributed by atoms with E-state index in [0.29, 0.717) is 5.82 Å². The highest BCUT2D eigenvalue weighted by Gasteiger charge is 2.21. The Morgan fingerprint density at radius 3 is 2.59 bits per heavy atom. The van der Waals surface area contributed by atoms with E-state index in [9.17, 15) is 9.59 Å². The maximum Gasteiger partial charge on any atom is 0.378 e. The number of aromatic nitrogens is 3. The Morgan fingerprint density at radius 1 is 1.06 bits per heavy atom. The predicted octanol–water partition coefficient (Wildman–Crippen LogP) is 4.66. The summed E-state index contributed by atoms with van der Waals surface area (Å²) in [5.74, 6) is -0.734. The number of thiophene rings is 1. The zero-order valence-corrected chi connectivity index (χ0v) is 18.6. The smallest absolute Gasteiger partial charge is 0.378 e. The molecule has 0 aliphatic rings. The maximum absolute atomic E-state index is 12.6. The van der Waals surface area contributed by atoms with Gasteiger partial charge in [-0.05, 0) is 48.1 Å². The van der Waals surface area contributed by atoms with E-state index in [0.717, 1.165) is 33.8 Å². The van der Waals surface area contributed by atoms with Crippen LogP contribution in [-0.4, -0.2) is 33.2 Å². The zero-order chi connectivity index (χ0) is 22.5. The number of rotatable bonds is 7. The van der Waals surface area contributed by atoms with Gasteiger partial charge in [-0.3, -0.25) is 4.79 Å². The molecule has 0 spiro atoms. The molecule has 0 saturated carbocycles. The van der Waals surface area contributed by atoms with E-state index in [4.69, 9.17) is 4.74 Å². The van der Waals surface area contributed by atoms with Crippen LogP contribution in [0.5, 0.6) is 0 Å². The second-order valence-electron chi connectivity index (χ2n) is 7.07. The third-order valence-electron chi connectivity index (χ3n) is 4.87. The Morgan fingerprint density at radius 2 is 1.88 bits per heavy atom. The van der Waals surface area contributed by atoms with Crippen molar-refractivity contribution in [1.29, 1.82) is 0 Å². The molecule has 2 aromatic heterocycles. The van der Waals surface area contributed by atoms with Crippen molar-refractivity contribution < 1.29 is 14.3 Å². The number of hydrogen-bond acceptors (Lipinski definition) is 6. The molecule has 0 bridgehead atoms. The number of benzene rings is 2. The fourth-order valence-electron chi connectivity index (χ4n) is 3.29. The fraction of sp³-hybridized carbons (Fsp3) is 0.167. The van der Waals surface area contributed by atoms with Crippen molar-refractivity contribution in [1.82, 2.24) is 14.8 Å². The summed E-state index contributed by atoms with van der Waals surface area (Å²) < 4.78 is 6.81. The van der Waals surface area contributed by atoms with Crippen LogP contribution in [0.25, 0.3) is 16.4 Å². The van der Waals surface area contributed by atoms with Crippen LogP contribution in [0.3, 0.4) is 0 Å². The number of ether oxygens (including phenoxy) is 1. The molecule has 2 aromatic carbocycles. The number of amides is 1. The first-order valence-electron chi connectivity index (χ1n) is 10.2. The highest BCUT2D eigenvalue weighted by atomic mass is 32.1. The first kappa shape index (κ1) is 21.5. The number of aryl methyl sites for hydroxylation is 2. The molecular formula is C24H22N4O3S. The summed E-state index contributed by atoms with van der Waals surface area (Å²) in [7, 11) is 0. The molecule has 1 amide bonds.